The van der Waals surface area contributed by atoms with Gasteiger partial charge in [0.1, 0.15) is 16.9 Å². The lowest BCUT2D eigenvalue weighted by Gasteiger charge is -1.96. The van der Waals surface area contributed by atoms with Crippen LogP contribution in [0.5, 0.6) is 0 Å². The van der Waals surface area contributed by atoms with Gasteiger partial charge in [-0.3, -0.25) is 0 Å². The summed E-state index contributed by atoms with van der Waals surface area (Å²) in [4.78, 5) is 13.7. The molecule has 0 aromatic carbocycles. The quantitative estimate of drug-likeness (QED) is 0.736. The van der Waals surface area contributed by atoms with Crippen molar-refractivity contribution in [1.29, 1.82) is 5.26 Å². The summed E-state index contributed by atoms with van der Waals surface area (Å²) in [7, 11) is 0. The molecule has 0 radical (unpaired) electrons. The standard InChI is InChI=1S/C8H7ClN2O2/c1-2-13-8(12)6-3-5(4-10)7(9)11-6/h3,11H,2H2,1H3. The van der Waals surface area contributed by atoms with Crippen molar-refractivity contribution >= 4 is 17.6 Å². The van der Waals surface area contributed by atoms with Gasteiger partial charge in [-0.05, 0) is 13.0 Å². The third kappa shape index (κ3) is 2.01. The second-order valence-corrected chi connectivity index (χ2v) is 2.62. The van der Waals surface area contributed by atoms with E-state index in [4.69, 9.17) is 21.6 Å². The number of hydrogen-bond acceptors (Lipinski definition) is 3. The molecule has 0 amide bonds. The number of H-pyrrole nitrogens is 1. The number of nitriles is 1. The van der Waals surface area contributed by atoms with Gasteiger partial charge in [-0.25, -0.2) is 4.79 Å². The zero-order chi connectivity index (χ0) is 9.84. The zero-order valence-corrected chi connectivity index (χ0v) is 7.68. The van der Waals surface area contributed by atoms with Crippen LogP contribution < -0.4 is 0 Å². The van der Waals surface area contributed by atoms with E-state index < -0.39 is 5.97 Å². The van der Waals surface area contributed by atoms with E-state index in [1.54, 1.807) is 6.92 Å². The van der Waals surface area contributed by atoms with Crippen LogP contribution >= 0.6 is 11.6 Å². The number of carbonyl (C=O) groups is 1. The Balaban J connectivity index is 2.92. The van der Waals surface area contributed by atoms with E-state index in [-0.39, 0.29) is 23.0 Å². The number of ether oxygens (including phenoxy) is 1. The maximum absolute atomic E-state index is 11.1. The fourth-order valence-corrected chi connectivity index (χ4v) is 1.03. The van der Waals surface area contributed by atoms with Crippen molar-refractivity contribution in [3.63, 3.8) is 0 Å². The molecule has 4 nitrogen and oxygen atoms in total. The lowest BCUT2D eigenvalue weighted by Crippen LogP contribution is -2.04. The Bertz CT molecular complexity index is 365. The molecule has 5 heteroatoms. The molecule has 0 saturated heterocycles. The molecule has 1 aromatic rings. The summed E-state index contributed by atoms with van der Waals surface area (Å²) >= 11 is 5.60. The van der Waals surface area contributed by atoms with E-state index in [0.717, 1.165) is 0 Å². The number of aromatic nitrogens is 1. The fourth-order valence-electron chi connectivity index (χ4n) is 0.830. The molecule has 0 saturated carbocycles. The van der Waals surface area contributed by atoms with Crippen LogP contribution in [0.3, 0.4) is 0 Å². The first-order valence-corrected chi connectivity index (χ1v) is 4.02. The third-order valence-corrected chi connectivity index (χ3v) is 1.68. The smallest absolute Gasteiger partial charge is 0.354 e. The maximum Gasteiger partial charge on any atom is 0.354 e. The van der Waals surface area contributed by atoms with Crippen molar-refractivity contribution in [3.05, 3.63) is 22.5 Å². The highest BCUT2D eigenvalue weighted by Crippen LogP contribution is 2.15. The summed E-state index contributed by atoms with van der Waals surface area (Å²) in [6.07, 6.45) is 0. The molecule has 0 bridgehead atoms. The molecule has 0 unspecified atom stereocenters. The molecule has 1 rings (SSSR count). The lowest BCUT2D eigenvalue weighted by atomic mass is 10.3. The van der Waals surface area contributed by atoms with Crippen LogP contribution in [0.25, 0.3) is 0 Å². The lowest BCUT2D eigenvalue weighted by molar-refractivity contribution is 0.0520. The van der Waals surface area contributed by atoms with Crippen molar-refractivity contribution in [2.45, 2.75) is 6.92 Å². The second kappa shape index (κ2) is 3.97. The SMILES string of the molecule is CCOC(=O)c1cc(C#N)c(Cl)[nH]1. The van der Waals surface area contributed by atoms with E-state index in [9.17, 15) is 4.79 Å². The predicted molar refractivity (Wildman–Crippen MR) is 46.5 cm³/mol. The first-order chi connectivity index (χ1) is 6.19. The average molecular weight is 199 g/mol. The minimum atomic E-state index is -0.508. The van der Waals surface area contributed by atoms with Gasteiger partial charge >= 0.3 is 5.97 Å². The van der Waals surface area contributed by atoms with Gasteiger partial charge in [0.05, 0.1) is 12.2 Å². The molecular formula is C8H7ClN2O2. The molecule has 0 spiro atoms. The Morgan fingerprint density at radius 3 is 3.00 bits per heavy atom. The number of hydrogen-bond donors (Lipinski definition) is 1. The number of nitrogens with one attached hydrogen (secondary N) is 1. The molecule has 0 aliphatic carbocycles. The van der Waals surface area contributed by atoms with Crippen LogP contribution in [0.4, 0.5) is 0 Å². The third-order valence-electron chi connectivity index (χ3n) is 1.39. The number of halogens is 1. The average Bonchev–Trinajstić information content (AvgIpc) is 2.47. The van der Waals surface area contributed by atoms with Gasteiger partial charge in [0.15, 0.2) is 0 Å². The summed E-state index contributed by atoms with van der Waals surface area (Å²) in [5, 5.41) is 8.69. The highest BCUT2D eigenvalue weighted by molar-refractivity contribution is 6.30. The van der Waals surface area contributed by atoms with Crippen molar-refractivity contribution in [2.24, 2.45) is 0 Å². The van der Waals surface area contributed by atoms with E-state index in [1.165, 1.54) is 6.07 Å². The van der Waals surface area contributed by atoms with Crippen molar-refractivity contribution in [1.82, 2.24) is 4.98 Å². The summed E-state index contributed by atoms with van der Waals surface area (Å²) in [6.45, 7) is 1.99. The summed E-state index contributed by atoms with van der Waals surface area (Å²) in [5.41, 5.74) is 0.438. The van der Waals surface area contributed by atoms with Crippen LogP contribution in [-0.2, 0) is 4.74 Å². The van der Waals surface area contributed by atoms with Crippen LogP contribution in [-0.4, -0.2) is 17.6 Å². The largest absolute Gasteiger partial charge is 0.461 e. The Labute approximate surface area is 80.1 Å². The van der Waals surface area contributed by atoms with Gasteiger partial charge in [0.25, 0.3) is 0 Å². The molecule has 1 heterocycles. The molecule has 0 fully saturated rings. The second-order valence-electron chi connectivity index (χ2n) is 2.24. The van der Waals surface area contributed by atoms with Crippen LogP contribution in [0, 0.1) is 11.3 Å². The highest BCUT2D eigenvalue weighted by atomic mass is 35.5. The summed E-state index contributed by atoms with van der Waals surface area (Å²) < 4.78 is 4.70. The first kappa shape index (κ1) is 9.62. The van der Waals surface area contributed by atoms with E-state index in [2.05, 4.69) is 4.98 Å². The van der Waals surface area contributed by atoms with Crippen LogP contribution in [0.1, 0.15) is 23.0 Å². The molecule has 13 heavy (non-hydrogen) atoms. The fraction of sp³-hybridized carbons (Fsp3) is 0.250. The number of carbonyl (C=O) groups excluding carboxylic acids is 1. The van der Waals surface area contributed by atoms with Crippen LogP contribution in [0.2, 0.25) is 5.15 Å². The van der Waals surface area contributed by atoms with Crippen LogP contribution in [0.15, 0.2) is 6.07 Å². The van der Waals surface area contributed by atoms with E-state index >= 15 is 0 Å². The molecule has 1 aromatic heterocycles. The number of aromatic amines is 1. The Hall–Kier alpha value is -1.47. The summed E-state index contributed by atoms with van der Waals surface area (Å²) in [5.74, 6) is -0.508. The molecule has 68 valence electrons. The molecular weight excluding hydrogens is 192 g/mol. The van der Waals surface area contributed by atoms with Gasteiger partial charge < -0.3 is 9.72 Å². The van der Waals surface area contributed by atoms with Gasteiger partial charge in [0.2, 0.25) is 0 Å². The van der Waals surface area contributed by atoms with Crippen molar-refractivity contribution in [3.8, 4) is 6.07 Å². The van der Waals surface area contributed by atoms with E-state index in [1.807, 2.05) is 6.07 Å². The van der Waals surface area contributed by atoms with E-state index in [0.29, 0.717) is 0 Å². The van der Waals surface area contributed by atoms with Gasteiger partial charge in [-0.1, -0.05) is 11.6 Å². The van der Waals surface area contributed by atoms with Gasteiger partial charge in [0, 0.05) is 0 Å². The molecule has 1 N–H and O–H groups in total. The van der Waals surface area contributed by atoms with Gasteiger partial charge in [-0.15, -0.1) is 0 Å². The predicted octanol–water partition coefficient (Wildman–Crippen LogP) is 1.72. The van der Waals surface area contributed by atoms with Gasteiger partial charge in [-0.2, -0.15) is 5.26 Å². The number of nitrogens with zero attached hydrogens (tertiary/aromatic N) is 1. The minimum Gasteiger partial charge on any atom is -0.461 e. The number of esters is 1. The Morgan fingerprint density at radius 2 is 2.54 bits per heavy atom. The Morgan fingerprint density at radius 1 is 1.85 bits per heavy atom. The normalized spacial score (nSPS) is 9.31. The molecule has 0 atom stereocenters. The monoisotopic (exact) mass is 198 g/mol. The number of rotatable bonds is 2. The van der Waals surface area contributed by atoms with Crippen molar-refractivity contribution in [2.75, 3.05) is 6.61 Å². The summed E-state index contributed by atoms with van der Waals surface area (Å²) in [6, 6.07) is 3.20. The molecule has 0 aliphatic heterocycles. The topological polar surface area (TPSA) is 65.9 Å². The first-order valence-electron chi connectivity index (χ1n) is 3.64. The van der Waals surface area contributed by atoms with Crippen molar-refractivity contribution < 1.29 is 9.53 Å². The maximum atomic E-state index is 11.1. The minimum absolute atomic E-state index is 0.158. The molecule has 0 aliphatic rings. The zero-order valence-electron chi connectivity index (χ0n) is 6.93. The Kier molecular flexibility index (Phi) is 2.93. The highest BCUT2D eigenvalue weighted by Gasteiger charge is 2.12.